The van der Waals surface area contributed by atoms with Crippen molar-refractivity contribution in [1.82, 2.24) is 25.2 Å². The van der Waals surface area contributed by atoms with Crippen molar-refractivity contribution in [3.05, 3.63) is 74.1 Å². The number of benzene rings is 1. The van der Waals surface area contributed by atoms with Crippen LogP contribution in [0.2, 0.25) is 5.02 Å². The number of hydrogen-bond donors (Lipinski definition) is 0. The summed E-state index contributed by atoms with van der Waals surface area (Å²) >= 11 is 9.18. The topological polar surface area (TPSA) is 76.3 Å². The Balaban J connectivity index is 1.38. The van der Waals surface area contributed by atoms with Gasteiger partial charge in [-0.05, 0) is 52.4 Å². The third-order valence-corrected chi connectivity index (χ3v) is 6.82. The van der Waals surface area contributed by atoms with Crippen molar-refractivity contribution in [2.24, 2.45) is 5.10 Å². The summed E-state index contributed by atoms with van der Waals surface area (Å²) in [4.78, 5) is 16.6. The fourth-order valence-electron chi connectivity index (χ4n) is 3.25. The van der Waals surface area contributed by atoms with Crippen LogP contribution in [-0.2, 0) is 11.3 Å². The summed E-state index contributed by atoms with van der Waals surface area (Å²) in [6.07, 6.45) is 0.688. The number of thiophene rings is 2. The number of nitrogens with zero attached hydrogens (tertiary/aromatic N) is 6. The average Bonchev–Trinajstić information content (AvgIpc) is 3.55. The maximum atomic E-state index is 13.1. The standard InChI is InChI=1S/C20H15ClN6OS2/c21-14-7-5-13(6-8-14)20-22-25-26(24-20)12-19(28)27-16(18-4-2-10-30-18)11-15(23-27)17-3-1-9-29-17/h1-10,16H,11-12H2. The molecular weight excluding hydrogens is 440 g/mol. The lowest BCUT2D eigenvalue weighted by Crippen LogP contribution is -2.30. The molecule has 0 saturated heterocycles. The molecule has 3 aromatic heterocycles. The summed E-state index contributed by atoms with van der Waals surface area (Å²) in [5.41, 5.74) is 1.71. The maximum absolute atomic E-state index is 13.1. The van der Waals surface area contributed by atoms with Crippen LogP contribution in [0.1, 0.15) is 22.2 Å². The number of halogens is 1. The average molecular weight is 455 g/mol. The van der Waals surface area contributed by atoms with Gasteiger partial charge in [-0.3, -0.25) is 4.79 Å². The molecule has 5 rings (SSSR count). The van der Waals surface area contributed by atoms with Crippen LogP contribution in [0.4, 0.5) is 0 Å². The highest BCUT2D eigenvalue weighted by Gasteiger charge is 2.34. The van der Waals surface area contributed by atoms with Crippen LogP contribution in [0, 0.1) is 0 Å². The number of rotatable bonds is 5. The van der Waals surface area contributed by atoms with Gasteiger partial charge < -0.3 is 0 Å². The van der Waals surface area contributed by atoms with E-state index in [1.165, 1.54) is 4.80 Å². The summed E-state index contributed by atoms with van der Waals surface area (Å²) in [5, 5.41) is 23.3. The number of amides is 1. The first-order valence-corrected chi connectivity index (χ1v) is 11.3. The van der Waals surface area contributed by atoms with Crippen molar-refractivity contribution in [2.45, 2.75) is 19.0 Å². The maximum Gasteiger partial charge on any atom is 0.266 e. The number of carbonyl (C=O) groups is 1. The van der Waals surface area contributed by atoms with E-state index in [4.69, 9.17) is 11.6 Å². The summed E-state index contributed by atoms with van der Waals surface area (Å²) in [6.45, 7) is -0.0380. The first-order valence-electron chi connectivity index (χ1n) is 9.18. The molecule has 0 spiro atoms. The molecule has 1 atom stereocenters. The molecule has 1 amide bonds. The number of hydrazone groups is 1. The molecule has 1 unspecified atom stereocenters. The van der Waals surface area contributed by atoms with Crippen molar-refractivity contribution in [3.8, 4) is 11.4 Å². The lowest BCUT2D eigenvalue weighted by atomic mass is 10.1. The van der Waals surface area contributed by atoms with Crippen molar-refractivity contribution >= 4 is 45.9 Å². The van der Waals surface area contributed by atoms with E-state index in [0.717, 1.165) is 21.0 Å². The van der Waals surface area contributed by atoms with E-state index in [0.29, 0.717) is 17.3 Å². The Morgan fingerprint density at radius 1 is 1.10 bits per heavy atom. The predicted molar refractivity (Wildman–Crippen MR) is 118 cm³/mol. The zero-order valence-corrected chi connectivity index (χ0v) is 17.9. The van der Waals surface area contributed by atoms with Crippen LogP contribution in [0.5, 0.6) is 0 Å². The zero-order valence-electron chi connectivity index (χ0n) is 15.6. The second-order valence-corrected chi connectivity index (χ2v) is 9.01. The lowest BCUT2D eigenvalue weighted by Gasteiger charge is -2.20. The minimum absolute atomic E-state index is 0.0380. The van der Waals surface area contributed by atoms with Crippen LogP contribution >= 0.6 is 34.3 Å². The summed E-state index contributed by atoms with van der Waals surface area (Å²) < 4.78 is 0. The van der Waals surface area contributed by atoms with E-state index in [1.807, 2.05) is 47.2 Å². The van der Waals surface area contributed by atoms with Crippen molar-refractivity contribution in [3.63, 3.8) is 0 Å². The zero-order chi connectivity index (χ0) is 20.5. The van der Waals surface area contributed by atoms with Crippen LogP contribution in [0.3, 0.4) is 0 Å². The third kappa shape index (κ3) is 3.79. The van der Waals surface area contributed by atoms with Crippen LogP contribution < -0.4 is 0 Å². The molecule has 0 N–H and O–H groups in total. The van der Waals surface area contributed by atoms with Gasteiger partial charge in [0.05, 0.1) is 16.6 Å². The van der Waals surface area contributed by atoms with E-state index in [-0.39, 0.29) is 18.5 Å². The Kier molecular flexibility index (Phi) is 5.16. The number of hydrogen-bond acceptors (Lipinski definition) is 7. The molecule has 1 aromatic carbocycles. The van der Waals surface area contributed by atoms with Crippen molar-refractivity contribution in [1.29, 1.82) is 0 Å². The number of aromatic nitrogens is 4. The summed E-state index contributed by atoms with van der Waals surface area (Å²) in [5.74, 6) is 0.262. The molecule has 0 saturated carbocycles. The van der Waals surface area contributed by atoms with Gasteiger partial charge in [0.15, 0.2) is 0 Å². The van der Waals surface area contributed by atoms with Gasteiger partial charge in [0.25, 0.3) is 5.91 Å². The normalized spacial score (nSPS) is 16.1. The molecule has 150 valence electrons. The second kappa shape index (κ2) is 8.10. The molecular formula is C20H15ClN6OS2. The van der Waals surface area contributed by atoms with Gasteiger partial charge in [0, 0.05) is 21.9 Å². The first kappa shape index (κ1) is 19.1. The smallest absolute Gasteiger partial charge is 0.266 e. The molecule has 0 aliphatic carbocycles. The van der Waals surface area contributed by atoms with Gasteiger partial charge in [-0.1, -0.05) is 23.7 Å². The largest absolute Gasteiger partial charge is 0.271 e. The Morgan fingerprint density at radius 2 is 1.90 bits per heavy atom. The number of tetrazole rings is 1. The van der Waals surface area contributed by atoms with E-state index in [2.05, 4.69) is 20.5 Å². The van der Waals surface area contributed by atoms with E-state index in [9.17, 15) is 4.79 Å². The third-order valence-electron chi connectivity index (χ3n) is 4.68. The fraction of sp³-hybridized carbons (Fsp3) is 0.150. The van der Waals surface area contributed by atoms with Gasteiger partial charge in [-0.25, -0.2) is 5.01 Å². The van der Waals surface area contributed by atoms with E-state index >= 15 is 0 Å². The fourth-order valence-corrected chi connectivity index (χ4v) is 4.91. The highest BCUT2D eigenvalue weighted by atomic mass is 35.5. The molecule has 0 fully saturated rings. The van der Waals surface area contributed by atoms with Gasteiger partial charge in [-0.2, -0.15) is 9.90 Å². The Labute approximate surface area is 185 Å². The molecule has 30 heavy (non-hydrogen) atoms. The second-order valence-electron chi connectivity index (χ2n) is 6.65. The molecule has 10 heteroatoms. The highest BCUT2D eigenvalue weighted by Crippen LogP contribution is 2.36. The molecule has 1 aliphatic rings. The van der Waals surface area contributed by atoms with Gasteiger partial charge >= 0.3 is 0 Å². The van der Waals surface area contributed by atoms with Crippen molar-refractivity contribution in [2.75, 3.05) is 0 Å². The summed E-state index contributed by atoms with van der Waals surface area (Å²) in [6, 6.07) is 15.1. The van der Waals surface area contributed by atoms with Gasteiger partial charge in [0.2, 0.25) is 5.82 Å². The van der Waals surface area contributed by atoms with Crippen LogP contribution in [-0.4, -0.2) is 36.8 Å². The minimum atomic E-state index is -0.181. The lowest BCUT2D eigenvalue weighted by molar-refractivity contribution is -0.134. The number of carbonyl (C=O) groups excluding carboxylic acids is 1. The van der Waals surface area contributed by atoms with Crippen molar-refractivity contribution < 1.29 is 4.79 Å². The molecule has 4 heterocycles. The Hall–Kier alpha value is -2.88. The summed E-state index contributed by atoms with van der Waals surface area (Å²) in [7, 11) is 0. The SMILES string of the molecule is O=C(Cn1nnc(-c2ccc(Cl)cc2)n1)N1N=C(c2cccs2)CC1c1cccs1. The quantitative estimate of drug-likeness (QED) is 0.445. The highest BCUT2D eigenvalue weighted by molar-refractivity contribution is 7.12. The molecule has 0 radical (unpaired) electrons. The van der Waals surface area contributed by atoms with E-state index < -0.39 is 0 Å². The Bertz CT molecular complexity index is 1180. The van der Waals surface area contributed by atoms with Gasteiger partial charge in [-0.15, -0.1) is 32.9 Å². The van der Waals surface area contributed by atoms with Crippen LogP contribution in [0.25, 0.3) is 11.4 Å². The van der Waals surface area contributed by atoms with Crippen LogP contribution in [0.15, 0.2) is 64.4 Å². The van der Waals surface area contributed by atoms with Gasteiger partial charge in [0.1, 0.15) is 6.54 Å². The molecule has 1 aliphatic heterocycles. The Morgan fingerprint density at radius 3 is 2.63 bits per heavy atom. The minimum Gasteiger partial charge on any atom is -0.271 e. The molecule has 0 bridgehead atoms. The predicted octanol–water partition coefficient (Wildman–Crippen LogP) is 4.49. The molecule has 4 aromatic rings. The first-order chi connectivity index (χ1) is 14.7. The van der Waals surface area contributed by atoms with E-state index in [1.54, 1.807) is 39.8 Å². The molecule has 7 nitrogen and oxygen atoms in total. The monoisotopic (exact) mass is 454 g/mol.